The van der Waals surface area contributed by atoms with E-state index in [1.165, 1.54) is 11.1 Å². The lowest BCUT2D eigenvalue weighted by atomic mass is 9.96. The summed E-state index contributed by atoms with van der Waals surface area (Å²) in [5.74, 6) is 0.0989. The molecule has 4 nitrogen and oxygen atoms in total. The van der Waals surface area contributed by atoms with Crippen LogP contribution >= 0.6 is 0 Å². The SMILES string of the molecule is CCCNCc1ccc(N2CCNC(=O)C2(C)C)c(C)c1. The maximum absolute atomic E-state index is 12.1. The van der Waals surface area contributed by atoms with E-state index in [4.69, 9.17) is 0 Å². The van der Waals surface area contributed by atoms with Crippen LogP contribution in [0.25, 0.3) is 0 Å². The number of piperazine rings is 1. The van der Waals surface area contributed by atoms with E-state index in [2.05, 4.69) is 47.6 Å². The van der Waals surface area contributed by atoms with Crippen LogP contribution in [0.4, 0.5) is 5.69 Å². The highest BCUT2D eigenvalue weighted by Crippen LogP contribution is 2.29. The van der Waals surface area contributed by atoms with Crippen molar-refractivity contribution in [2.45, 2.75) is 46.2 Å². The second-order valence-electron chi connectivity index (χ2n) is 6.26. The van der Waals surface area contributed by atoms with Crippen LogP contribution in [0.5, 0.6) is 0 Å². The van der Waals surface area contributed by atoms with E-state index in [0.717, 1.165) is 31.7 Å². The van der Waals surface area contributed by atoms with Crippen molar-refractivity contribution in [3.63, 3.8) is 0 Å². The highest BCUT2D eigenvalue weighted by Gasteiger charge is 2.38. The molecule has 0 spiro atoms. The molecule has 21 heavy (non-hydrogen) atoms. The first-order chi connectivity index (χ1) is 9.96. The summed E-state index contributed by atoms with van der Waals surface area (Å²) >= 11 is 0. The predicted octanol–water partition coefficient (Wildman–Crippen LogP) is 2.21. The third-order valence-electron chi connectivity index (χ3n) is 4.16. The minimum Gasteiger partial charge on any atom is -0.356 e. The van der Waals surface area contributed by atoms with E-state index in [1.807, 2.05) is 13.8 Å². The number of rotatable bonds is 5. The minimum absolute atomic E-state index is 0.0989. The summed E-state index contributed by atoms with van der Waals surface area (Å²) in [5.41, 5.74) is 3.19. The van der Waals surface area contributed by atoms with Crippen LogP contribution in [0.1, 0.15) is 38.3 Å². The van der Waals surface area contributed by atoms with Gasteiger partial charge in [0.15, 0.2) is 0 Å². The Morgan fingerprint density at radius 2 is 2.14 bits per heavy atom. The molecule has 1 saturated heterocycles. The van der Waals surface area contributed by atoms with E-state index in [-0.39, 0.29) is 5.91 Å². The zero-order chi connectivity index (χ0) is 15.5. The number of benzene rings is 1. The Morgan fingerprint density at radius 3 is 2.81 bits per heavy atom. The second-order valence-corrected chi connectivity index (χ2v) is 6.26. The van der Waals surface area contributed by atoms with Gasteiger partial charge in [-0.3, -0.25) is 4.79 Å². The summed E-state index contributed by atoms with van der Waals surface area (Å²) in [4.78, 5) is 14.3. The molecule has 1 aliphatic heterocycles. The van der Waals surface area contributed by atoms with Gasteiger partial charge < -0.3 is 15.5 Å². The Morgan fingerprint density at radius 1 is 1.38 bits per heavy atom. The molecule has 0 radical (unpaired) electrons. The number of carbonyl (C=O) groups excluding carboxylic acids is 1. The number of aryl methyl sites for hydroxylation is 1. The van der Waals surface area contributed by atoms with E-state index < -0.39 is 5.54 Å². The molecule has 4 heteroatoms. The molecule has 116 valence electrons. The van der Waals surface area contributed by atoms with Gasteiger partial charge in [0.25, 0.3) is 0 Å². The van der Waals surface area contributed by atoms with Crippen LogP contribution < -0.4 is 15.5 Å². The number of nitrogens with one attached hydrogen (secondary N) is 2. The normalized spacial score (nSPS) is 17.7. The van der Waals surface area contributed by atoms with Gasteiger partial charge in [-0.25, -0.2) is 0 Å². The van der Waals surface area contributed by atoms with Crippen LogP contribution in [-0.2, 0) is 11.3 Å². The molecule has 0 aliphatic carbocycles. The molecule has 1 heterocycles. The standard InChI is InChI=1S/C17H27N3O/c1-5-8-18-12-14-6-7-15(13(2)11-14)20-10-9-19-16(21)17(20,3)4/h6-7,11,18H,5,8-10,12H2,1-4H3,(H,19,21). The Kier molecular flexibility index (Phi) is 4.88. The largest absolute Gasteiger partial charge is 0.356 e. The second kappa shape index (κ2) is 6.48. The van der Waals surface area contributed by atoms with Gasteiger partial charge in [0.05, 0.1) is 0 Å². The van der Waals surface area contributed by atoms with E-state index >= 15 is 0 Å². The molecule has 1 amide bonds. The van der Waals surface area contributed by atoms with Crippen molar-refractivity contribution in [2.75, 3.05) is 24.5 Å². The van der Waals surface area contributed by atoms with Gasteiger partial charge >= 0.3 is 0 Å². The van der Waals surface area contributed by atoms with Crippen LogP contribution in [0.2, 0.25) is 0 Å². The number of hydrogen-bond donors (Lipinski definition) is 2. The molecule has 0 aromatic heterocycles. The van der Waals surface area contributed by atoms with Gasteiger partial charge in [-0.1, -0.05) is 19.1 Å². The number of hydrogen-bond acceptors (Lipinski definition) is 3. The van der Waals surface area contributed by atoms with Crippen molar-refractivity contribution in [1.29, 1.82) is 0 Å². The Labute approximate surface area is 127 Å². The van der Waals surface area contributed by atoms with Gasteiger partial charge in [0, 0.05) is 25.3 Å². The van der Waals surface area contributed by atoms with E-state index in [0.29, 0.717) is 6.54 Å². The molecular weight excluding hydrogens is 262 g/mol. The summed E-state index contributed by atoms with van der Waals surface area (Å²) < 4.78 is 0. The van der Waals surface area contributed by atoms with Gasteiger partial charge in [-0.05, 0) is 50.9 Å². The van der Waals surface area contributed by atoms with Crippen molar-refractivity contribution >= 4 is 11.6 Å². The lowest BCUT2D eigenvalue weighted by Crippen LogP contribution is -2.62. The Hall–Kier alpha value is -1.55. The Balaban J connectivity index is 2.18. The first kappa shape index (κ1) is 15.8. The number of anilines is 1. The number of nitrogens with zero attached hydrogens (tertiary/aromatic N) is 1. The van der Waals surface area contributed by atoms with E-state index in [9.17, 15) is 4.79 Å². The fraction of sp³-hybridized carbons (Fsp3) is 0.588. The fourth-order valence-corrected chi connectivity index (χ4v) is 2.86. The average Bonchev–Trinajstić information content (AvgIpc) is 2.43. The van der Waals surface area contributed by atoms with Crippen molar-refractivity contribution in [1.82, 2.24) is 10.6 Å². The lowest BCUT2D eigenvalue weighted by Gasteiger charge is -2.43. The first-order valence-corrected chi connectivity index (χ1v) is 7.83. The summed E-state index contributed by atoms with van der Waals surface area (Å²) in [6.45, 7) is 11.8. The van der Waals surface area contributed by atoms with Gasteiger partial charge in [0.1, 0.15) is 5.54 Å². The van der Waals surface area contributed by atoms with Crippen LogP contribution in [0, 0.1) is 6.92 Å². The molecule has 0 bridgehead atoms. The minimum atomic E-state index is -0.495. The zero-order valence-electron chi connectivity index (χ0n) is 13.6. The summed E-state index contributed by atoms with van der Waals surface area (Å²) in [6.07, 6.45) is 1.15. The third kappa shape index (κ3) is 3.38. The maximum Gasteiger partial charge on any atom is 0.245 e. The third-order valence-corrected chi connectivity index (χ3v) is 4.16. The molecule has 0 atom stereocenters. The molecule has 2 rings (SSSR count). The van der Waals surface area contributed by atoms with Crippen LogP contribution in [-0.4, -0.2) is 31.1 Å². The van der Waals surface area contributed by atoms with Crippen molar-refractivity contribution < 1.29 is 4.79 Å². The van der Waals surface area contributed by atoms with Gasteiger partial charge in [-0.15, -0.1) is 0 Å². The molecule has 1 fully saturated rings. The van der Waals surface area contributed by atoms with Gasteiger partial charge in [0.2, 0.25) is 5.91 Å². The monoisotopic (exact) mass is 289 g/mol. The summed E-state index contributed by atoms with van der Waals surface area (Å²) in [7, 11) is 0. The predicted molar refractivity (Wildman–Crippen MR) is 87.6 cm³/mol. The summed E-state index contributed by atoms with van der Waals surface area (Å²) in [5, 5.41) is 6.37. The molecule has 0 unspecified atom stereocenters. The molecule has 1 aromatic carbocycles. The number of carbonyl (C=O) groups is 1. The number of amides is 1. The quantitative estimate of drug-likeness (QED) is 0.817. The average molecular weight is 289 g/mol. The molecule has 1 aromatic rings. The van der Waals surface area contributed by atoms with Crippen LogP contribution in [0.15, 0.2) is 18.2 Å². The molecular formula is C17H27N3O. The smallest absolute Gasteiger partial charge is 0.245 e. The van der Waals surface area contributed by atoms with Crippen molar-refractivity contribution in [2.24, 2.45) is 0 Å². The topological polar surface area (TPSA) is 44.4 Å². The maximum atomic E-state index is 12.1. The molecule has 1 aliphatic rings. The van der Waals surface area contributed by atoms with Crippen molar-refractivity contribution in [3.05, 3.63) is 29.3 Å². The van der Waals surface area contributed by atoms with Crippen molar-refractivity contribution in [3.8, 4) is 0 Å². The Bertz CT molecular complexity index is 511. The highest BCUT2D eigenvalue weighted by molar-refractivity contribution is 5.90. The van der Waals surface area contributed by atoms with Crippen LogP contribution in [0.3, 0.4) is 0 Å². The van der Waals surface area contributed by atoms with E-state index in [1.54, 1.807) is 0 Å². The lowest BCUT2D eigenvalue weighted by molar-refractivity contribution is -0.126. The molecule has 2 N–H and O–H groups in total. The molecule has 0 saturated carbocycles. The van der Waals surface area contributed by atoms with Gasteiger partial charge in [-0.2, -0.15) is 0 Å². The zero-order valence-corrected chi connectivity index (χ0v) is 13.6. The first-order valence-electron chi connectivity index (χ1n) is 7.83. The highest BCUT2D eigenvalue weighted by atomic mass is 16.2. The summed E-state index contributed by atoms with van der Waals surface area (Å²) in [6, 6.07) is 6.53. The fourth-order valence-electron chi connectivity index (χ4n) is 2.86.